The molecule has 15 aromatic carbocycles. The van der Waals surface area contributed by atoms with Crippen LogP contribution in [0.2, 0.25) is 0 Å². The fraction of sp³-hybridized carbons (Fsp3) is 0. The van der Waals surface area contributed by atoms with Crippen LogP contribution in [0.15, 0.2) is 212 Å². The predicted molar refractivity (Wildman–Crippen MR) is 291 cm³/mol. The van der Waals surface area contributed by atoms with Crippen LogP contribution >= 0.6 is 0 Å². The summed E-state index contributed by atoms with van der Waals surface area (Å²) in [5, 5.41) is 29.1. The Morgan fingerprint density at radius 3 is 1.50 bits per heavy atom. The summed E-state index contributed by atoms with van der Waals surface area (Å²) in [6.07, 6.45) is 1.94. The van der Waals surface area contributed by atoms with E-state index in [2.05, 4.69) is 206 Å². The molecule has 16 aromatic rings. The third-order valence-corrected chi connectivity index (χ3v) is 16.1. The predicted octanol–water partition coefficient (Wildman–Crippen LogP) is 18.7. The highest BCUT2D eigenvalue weighted by atomic mass is 14.7. The van der Waals surface area contributed by atoms with Gasteiger partial charge in [-0.15, -0.1) is 0 Å². The first-order valence-corrected chi connectivity index (χ1v) is 23.8. The molecule has 0 atom stereocenters. The molecule has 0 N–H and O–H groups in total. The van der Waals surface area contributed by atoms with Crippen molar-refractivity contribution in [2.75, 3.05) is 0 Å². The van der Waals surface area contributed by atoms with Crippen LogP contribution in [0.5, 0.6) is 0 Å². The van der Waals surface area contributed by atoms with Gasteiger partial charge < -0.3 is 0 Å². The number of hydrogen-bond acceptors (Lipinski definition) is 1. The zero-order valence-electron chi connectivity index (χ0n) is 36.7. The Balaban J connectivity index is 1.02. The zero-order valence-corrected chi connectivity index (χ0v) is 36.7. The second kappa shape index (κ2) is 12.5. The SMILES string of the molecule is c1ccc(-c2ccccc2-c2c3cc4ccccc4c4c5ccccc5c(c5c6ccc7c8ccc9c%10c(ccc(c%11ccc(c25)c6c%117)c%108)-c2ccc(-c5nccc6ccccc56)cc2-9)c34)cc1. The van der Waals surface area contributed by atoms with Gasteiger partial charge in [0, 0.05) is 17.1 Å². The minimum Gasteiger partial charge on any atom is -0.256 e. The lowest BCUT2D eigenvalue weighted by molar-refractivity contribution is 1.36. The molecule has 17 rings (SSSR count). The third kappa shape index (κ3) is 4.23. The van der Waals surface area contributed by atoms with E-state index in [4.69, 9.17) is 4.98 Å². The number of fused-ring (bicyclic) bond motifs is 15. The van der Waals surface area contributed by atoms with Crippen LogP contribution < -0.4 is 0 Å². The van der Waals surface area contributed by atoms with E-state index in [1.54, 1.807) is 0 Å². The minimum atomic E-state index is 1.03. The standard InChI is InChI=1S/C67H35N/c1-2-12-36(13-3-1)40-16-8-9-19-44(40)61-56-34-38-15-5-6-17-41(38)57-45-20-10-11-21-46(45)63(66(56)57)65-54-31-29-51-49-26-27-52-55-35-39(67-42-18-7-4-14-37(42)32-33-68-67)22-23-43(55)47-24-25-48(59(49)58(47)52)50-28-30-53(64(61)65)62(54)60(50)51/h1-35H. The molecule has 1 aromatic heterocycles. The molecular formula is C67H35N. The Labute approximate surface area is 389 Å². The topological polar surface area (TPSA) is 12.9 Å². The molecule has 0 amide bonds. The quantitative estimate of drug-likeness (QED) is 0.127. The van der Waals surface area contributed by atoms with Crippen LogP contribution in [0.4, 0.5) is 0 Å². The van der Waals surface area contributed by atoms with Gasteiger partial charge in [0.25, 0.3) is 0 Å². The highest BCUT2D eigenvalue weighted by molar-refractivity contribution is 6.52. The summed E-state index contributed by atoms with van der Waals surface area (Å²) in [4.78, 5) is 4.93. The van der Waals surface area contributed by atoms with Crippen molar-refractivity contribution in [2.24, 2.45) is 0 Å². The highest BCUT2D eigenvalue weighted by Gasteiger charge is 2.30. The summed E-state index contributed by atoms with van der Waals surface area (Å²) in [5.41, 5.74) is 12.4. The van der Waals surface area contributed by atoms with Crippen LogP contribution in [-0.2, 0) is 0 Å². The molecular weight excluding hydrogens is 819 g/mol. The number of benzene rings is 13. The van der Waals surface area contributed by atoms with Gasteiger partial charge in [0.2, 0.25) is 0 Å². The highest BCUT2D eigenvalue weighted by Crippen LogP contribution is 2.58. The Morgan fingerprint density at radius 1 is 0.221 bits per heavy atom. The molecule has 1 aliphatic carbocycles. The van der Waals surface area contributed by atoms with E-state index in [1.807, 2.05) is 6.20 Å². The van der Waals surface area contributed by atoms with E-state index in [-0.39, 0.29) is 0 Å². The van der Waals surface area contributed by atoms with Crippen molar-refractivity contribution in [3.63, 3.8) is 0 Å². The first-order valence-electron chi connectivity index (χ1n) is 23.8. The maximum absolute atomic E-state index is 4.93. The van der Waals surface area contributed by atoms with Crippen molar-refractivity contribution in [1.29, 1.82) is 0 Å². The van der Waals surface area contributed by atoms with Gasteiger partial charge in [-0.1, -0.05) is 188 Å². The number of rotatable bonds is 3. The normalized spacial score (nSPS) is 12.7. The fourth-order valence-corrected chi connectivity index (χ4v) is 13.4. The molecule has 0 radical (unpaired) electrons. The Morgan fingerprint density at radius 2 is 0.721 bits per heavy atom. The molecule has 0 saturated heterocycles. The van der Waals surface area contributed by atoms with Crippen molar-refractivity contribution in [1.82, 2.24) is 4.98 Å². The first-order chi connectivity index (χ1) is 33.8. The summed E-state index contributed by atoms with van der Waals surface area (Å²) >= 11 is 0. The van der Waals surface area contributed by atoms with Gasteiger partial charge in [0.05, 0.1) is 5.69 Å². The van der Waals surface area contributed by atoms with Gasteiger partial charge in [0.1, 0.15) is 0 Å². The molecule has 0 aliphatic heterocycles. The van der Waals surface area contributed by atoms with Crippen LogP contribution in [0.25, 0.3) is 174 Å². The lowest BCUT2D eigenvalue weighted by Gasteiger charge is -2.17. The number of nitrogens with zero attached hydrogens (tertiary/aromatic N) is 1. The van der Waals surface area contributed by atoms with Gasteiger partial charge in [0.15, 0.2) is 0 Å². The van der Waals surface area contributed by atoms with Gasteiger partial charge >= 0.3 is 0 Å². The van der Waals surface area contributed by atoms with Crippen molar-refractivity contribution in [3.8, 4) is 55.8 Å². The Hall–Kier alpha value is -8.91. The molecule has 0 saturated carbocycles. The third-order valence-electron chi connectivity index (χ3n) is 16.1. The maximum atomic E-state index is 4.93. The van der Waals surface area contributed by atoms with Crippen molar-refractivity contribution in [3.05, 3.63) is 212 Å². The second-order valence-electron chi connectivity index (χ2n) is 19.1. The lowest BCUT2D eigenvalue weighted by atomic mass is 9.85. The van der Waals surface area contributed by atoms with Crippen LogP contribution in [-0.4, -0.2) is 4.98 Å². The van der Waals surface area contributed by atoms with Crippen molar-refractivity contribution in [2.45, 2.75) is 0 Å². The number of aromatic nitrogens is 1. The van der Waals surface area contributed by atoms with Gasteiger partial charge in [-0.2, -0.15) is 0 Å². The summed E-state index contributed by atoms with van der Waals surface area (Å²) < 4.78 is 0. The van der Waals surface area contributed by atoms with E-state index in [0.717, 1.165) is 11.3 Å². The van der Waals surface area contributed by atoms with Crippen LogP contribution in [0.1, 0.15) is 0 Å². The fourth-order valence-electron chi connectivity index (χ4n) is 13.4. The molecule has 1 nitrogen and oxygen atoms in total. The zero-order chi connectivity index (χ0) is 43.9. The summed E-state index contributed by atoms with van der Waals surface area (Å²) in [5.74, 6) is 0. The van der Waals surface area contributed by atoms with Crippen molar-refractivity contribution < 1.29 is 0 Å². The molecule has 68 heavy (non-hydrogen) atoms. The smallest absolute Gasteiger partial charge is 0.0780 e. The lowest BCUT2D eigenvalue weighted by Crippen LogP contribution is -1.90. The molecule has 0 spiro atoms. The van der Waals surface area contributed by atoms with E-state index >= 15 is 0 Å². The van der Waals surface area contributed by atoms with Crippen LogP contribution in [0, 0.1) is 0 Å². The number of pyridine rings is 1. The Kier molecular flexibility index (Phi) is 6.50. The summed E-state index contributed by atoms with van der Waals surface area (Å²) in [7, 11) is 0. The first kappa shape index (κ1) is 35.4. The molecule has 1 aliphatic rings. The molecule has 1 heteroatoms. The molecule has 0 bridgehead atoms. The largest absolute Gasteiger partial charge is 0.256 e. The van der Waals surface area contributed by atoms with E-state index in [1.165, 1.54) is 163 Å². The number of hydrogen-bond donors (Lipinski definition) is 0. The molecule has 0 unspecified atom stereocenters. The molecule has 1 heterocycles. The Bertz CT molecular complexity index is 4860. The van der Waals surface area contributed by atoms with E-state index in [0.29, 0.717) is 0 Å². The second-order valence-corrected chi connectivity index (χ2v) is 19.1. The average Bonchev–Trinajstić information content (AvgIpc) is 4.05. The van der Waals surface area contributed by atoms with Gasteiger partial charge in [-0.05, 0) is 176 Å². The summed E-state index contributed by atoms with van der Waals surface area (Å²) in [6.45, 7) is 0. The van der Waals surface area contributed by atoms with Crippen molar-refractivity contribution >= 4 is 118 Å². The van der Waals surface area contributed by atoms with Crippen LogP contribution in [0.3, 0.4) is 0 Å². The summed E-state index contributed by atoms with van der Waals surface area (Å²) in [6, 6.07) is 77.9. The van der Waals surface area contributed by atoms with Gasteiger partial charge in [-0.25, -0.2) is 0 Å². The molecule has 0 fully saturated rings. The van der Waals surface area contributed by atoms with E-state index in [9.17, 15) is 0 Å². The van der Waals surface area contributed by atoms with E-state index < -0.39 is 0 Å². The molecule has 308 valence electrons. The maximum Gasteiger partial charge on any atom is 0.0780 e. The monoisotopic (exact) mass is 853 g/mol. The average molecular weight is 854 g/mol. The minimum absolute atomic E-state index is 1.03. The van der Waals surface area contributed by atoms with Gasteiger partial charge in [-0.3, -0.25) is 4.98 Å².